The van der Waals surface area contributed by atoms with Crippen LogP contribution in [-0.4, -0.2) is 13.1 Å². The summed E-state index contributed by atoms with van der Waals surface area (Å²) in [4.78, 5) is 2.42. The number of rotatable bonds is 11. The van der Waals surface area contributed by atoms with Crippen molar-refractivity contribution in [2.45, 2.75) is 45.7 Å². The molecule has 8 heteroatoms. The maximum atomic E-state index is 12.6. The Bertz CT molecular complexity index is 1080. The first kappa shape index (κ1) is 26.1. The molecule has 0 spiro atoms. The van der Waals surface area contributed by atoms with Crippen LogP contribution in [-0.2, 0) is 6.18 Å². The summed E-state index contributed by atoms with van der Waals surface area (Å²) in [7, 11) is 0. The lowest BCUT2D eigenvalue weighted by Crippen LogP contribution is -2.25. The third kappa shape index (κ3) is 8.31. The Hall–Kier alpha value is -3.55. The second-order valence-corrected chi connectivity index (χ2v) is 8.17. The van der Waals surface area contributed by atoms with E-state index in [0.717, 1.165) is 30.9 Å². The van der Waals surface area contributed by atoms with Gasteiger partial charge in [-0.25, -0.2) is 0 Å². The van der Waals surface area contributed by atoms with Crippen LogP contribution in [0.1, 0.15) is 45.1 Å². The van der Waals surface area contributed by atoms with Crippen molar-refractivity contribution in [1.29, 1.82) is 0 Å². The number of unbranched alkanes of at least 4 members (excludes halogenated alkanes) is 2. The van der Waals surface area contributed by atoms with Crippen LogP contribution in [0.15, 0.2) is 93.3 Å². The first-order valence-corrected chi connectivity index (χ1v) is 11.8. The van der Waals surface area contributed by atoms with Crippen LogP contribution in [0, 0.1) is 0 Å². The summed E-state index contributed by atoms with van der Waals surface area (Å²) in [5, 5.41) is 16.6. The predicted octanol–water partition coefficient (Wildman–Crippen LogP) is 9.94. The van der Waals surface area contributed by atoms with Gasteiger partial charge in [0.2, 0.25) is 0 Å². The molecule has 0 amide bonds. The van der Waals surface area contributed by atoms with E-state index in [1.54, 1.807) is 24.3 Å². The summed E-state index contributed by atoms with van der Waals surface area (Å²) < 4.78 is 37.9. The predicted molar refractivity (Wildman–Crippen MR) is 135 cm³/mol. The molecule has 0 heterocycles. The molecular weight excluding hydrogens is 451 g/mol. The molecule has 0 bridgehead atoms. The fraction of sp³-hybridized carbons (Fsp3) is 0.333. The van der Waals surface area contributed by atoms with Gasteiger partial charge in [0.05, 0.1) is 28.3 Å². The fourth-order valence-electron chi connectivity index (χ4n) is 3.33. The minimum Gasteiger partial charge on any atom is -0.372 e. The van der Waals surface area contributed by atoms with Crippen LogP contribution in [0.4, 0.5) is 41.6 Å². The topological polar surface area (TPSA) is 52.7 Å². The number of azo groups is 2. The average molecular weight is 482 g/mol. The van der Waals surface area contributed by atoms with Crippen LogP contribution in [0.3, 0.4) is 0 Å². The lowest BCUT2D eigenvalue weighted by atomic mass is 10.2. The molecule has 0 saturated heterocycles. The first-order chi connectivity index (χ1) is 16.9. The number of hydrogen-bond acceptors (Lipinski definition) is 5. The van der Waals surface area contributed by atoms with Gasteiger partial charge in [-0.05, 0) is 85.6 Å². The highest BCUT2D eigenvalue weighted by atomic mass is 19.4. The second kappa shape index (κ2) is 12.8. The molecule has 0 saturated carbocycles. The van der Waals surface area contributed by atoms with Gasteiger partial charge in [-0.3, -0.25) is 0 Å². The van der Waals surface area contributed by atoms with Crippen LogP contribution in [0.25, 0.3) is 0 Å². The molecule has 0 N–H and O–H groups in total. The standard InChI is InChI=1S/C27H30F3N5/c1-3-5-19-35(20-6-4-2)26-17-15-25(16-18-26)34-33-24-13-11-23(12-14-24)32-31-22-9-7-21(8-10-22)27(28,29)30/h7-18H,3-6,19-20H2,1-2H3. The number of alkyl halides is 3. The Morgan fingerprint density at radius 3 is 1.26 bits per heavy atom. The van der Waals surface area contributed by atoms with E-state index in [-0.39, 0.29) is 0 Å². The van der Waals surface area contributed by atoms with Gasteiger partial charge in [0.15, 0.2) is 0 Å². The fourth-order valence-corrected chi connectivity index (χ4v) is 3.33. The molecule has 0 fully saturated rings. The number of benzene rings is 3. The van der Waals surface area contributed by atoms with E-state index < -0.39 is 11.7 Å². The zero-order valence-corrected chi connectivity index (χ0v) is 20.0. The molecule has 35 heavy (non-hydrogen) atoms. The molecule has 3 aromatic carbocycles. The normalized spacial score (nSPS) is 12.0. The summed E-state index contributed by atoms with van der Waals surface area (Å²) in [5.41, 5.74) is 2.82. The van der Waals surface area contributed by atoms with Crippen molar-refractivity contribution in [1.82, 2.24) is 0 Å². The van der Waals surface area contributed by atoms with Gasteiger partial charge in [-0.2, -0.15) is 33.6 Å². The number of anilines is 1. The van der Waals surface area contributed by atoms with Gasteiger partial charge in [-0.1, -0.05) is 26.7 Å². The van der Waals surface area contributed by atoms with Gasteiger partial charge in [-0.15, -0.1) is 0 Å². The van der Waals surface area contributed by atoms with E-state index in [9.17, 15) is 13.2 Å². The van der Waals surface area contributed by atoms with Crippen molar-refractivity contribution in [3.05, 3.63) is 78.4 Å². The van der Waals surface area contributed by atoms with E-state index in [4.69, 9.17) is 0 Å². The monoisotopic (exact) mass is 481 g/mol. The van der Waals surface area contributed by atoms with Crippen LogP contribution in [0.2, 0.25) is 0 Å². The summed E-state index contributed by atoms with van der Waals surface area (Å²) in [6, 6.07) is 19.6. The zero-order valence-electron chi connectivity index (χ0n) is 20.0. The minimum absolute atomic E-state index is 0.341. The summed E-state index contributed by atoms with van der Waals surface area (Å²) >= 11 is 0. The van der Waals surface area contributed by atoms with Gasteiger partial charge in [0.1, 0.15) is 0 Å². The molecular formula is C27H30F3N5. The lowest BCUT2D eigenvalue weighted by Gasteiger charge is -2.24. The van der Waals surface area contributed by atoms with Gasteiger partial charge in [0.25, 0.3) is 0 Å². The Morgan fingerprint density at radius 2 is 0.914 bits per heavy atom. The number of hydrogen-bond donors (Lipinski definition) is 0. The maximum absolute atomic E-state index is 12.6. The molecule has 3 aromatic rings. The van der Waals surface area contributed by atoms with Crippen LogP contribution >= 0.6 is 0 Å². The quantitative estimate of drug-likeness (QED) is 0.251. The zero-order chi connectivity index (χ0) is 25.1. The second-order valence-electron chi connectivity index (χ2n) is 8.17. The molecule has 5 nitrogen and oxygen atoms in total. The molecule has 184 valence electrons. The maximum Gasteiger partial charge on any atom is 0.416 e. The number of halogens is 3. The van der Waals surface area contributed by atoms with Crippen molar-refractivity contribution in [3.63, 3.8) is 0 Å². The van der Waals surface area contributed by atoms with Crippen LogP contribution in [0.5, 0.6) is 0 Å². The SMILES string of the molecule is CCCCN(CCCC)c1ccc(N=Nc2ccc(N=Nc3ccc(C(F)(F)F)cc3)cc2)cc1. The molecule has 0 aliphatic carbocycles. The first-order valence-electron chi connectivity index (χ1n) is 11.8. The van der Waals surface area contributed by atoms with Gasteiger partial charge in [0, 0.05) is 18.8 Å². The summed E-state index contributed by atoms with van der Waals surface area (Å²) in [6.45, 7) is 6.52. The molecule has 0 aliphatic heterocycles. The van der Waals surface area contributed by atoms with E-state index in [1.807, 2.05) is 12.1 Å². The third-order valence-corrected chi connectivity index (χ3v) is 5.38. The molecule has 0 radical (unpaired) electrons. The van der Waals surface area contributed by atoms with Crippen LogP contribution < -0.4 is 4.90 Å². The van der Waals surface area contributed by atoms with Gasteiger partial charge < -0.3 is 4.90 Å². The Morgan fingerprint density at radius 1 is 0.571 bits per heavy atom. The highest BCUT2D eigenvalue weighted by molar-refractivity contribution is 5.53. The summed E-state index contributed by atoms with van der Waals surface area (Å²) in [5.74, 6) is 0. The van der Waals surface area contributed by atoms with E-state index in [0.29, 0.717) is 17.1 Å². The van der Waals surface area contributed by atoms with E-state index >= 15 is 0 Å². The molecule has 0 unspecified atom stereocenters. The molecule has 3 rings (SSSR count). The van der Waals surface area contributed by atoms with Crippen molar-refractivity contribution in [3.8, 4) is 0 Å². The average Bonchev–Trinajstić information content (AvgIpc) is 2.87. The molecule has 0 aliphatic rings. The largest absolute Gasteiger partial charge is 0.416 e. The van der Waals surface area contributed by atoms with Crippen molar-refractivity contribution in [2.24, 2.45) is 20.5 Å². The Labute approximate surface area is 204 Å². The smallest absolute Gasteiger partial charge is 0.372 e. The van der Waals surface area contributed by atoms with Crippen molar-refractivity contribution in [2.75, 3.05) is 18.0 Å². The van der Waals surface area contributed by atoms with E-state index in [1.165, 1.54) is 43.5 Å². The van der Waals surface area contributed by atoms with Gasteiger partial charge >= 0.3 is 6.18 Å². The minimum atomic E-state index is -4.37. The lowest BCUT2D eigenvalue weighted by molar-refractivity contribution is -0.137. The Kier molecular flexibility index (Phi) is 9.52. The summed E-state index contributed by atoms with van der Waals surface area (Å²) in [6.07, 6.45) is 0.316. The van der Waals surface area contributed by atoms with E-state index in [2.05, 4.69) is 51.3 Å². The van der Waals surface area contributed by atoms with Crippen molar-refractivity contribution >= 4 is 28.4 Å². The number of nitrogens with zero attached hydrogens (tertiary/aromatic N) is 5. The Balaban J connectivity index is 1.59. The highest BCUT2D eigenvalue weighted by Crippen LogP contribution is 2.31. The molecule has 0 atom stereocenters. The van der Waals surface area contributed by atoms with Crippen molar-refractivity contribution < 1.29 is 13.2 Å². The third-order valence-electron chi connectivity index (χ3n) is 5.38. The highest BCUT2D eigenvalue weighted by Gasteiger charge is 2.29. The molecule has 0 aromatic heterocycles.